The Kier molecular flexibility index (Phi) is 7.66. The average Bonchev–Trinajstić information content (AvgIpc) is 3.24. The zero-order chi connectivity index (χ0) is 39.3. The van der Waals surface area contributed by atoms with E-state index in [9.17, 15) is 0 Å². The summed E-state index contributed by atoms with van der Waals surface area (Å²) in [6, 6.07) is 66.6. The summed E-state index contributed by atoms with van der Waals surface area (Å²) < 4.78 is 0. The Morgan fingerprint density at radius 2 is 0.724 bits per heavy atom. The highest BCUT2D eigenvalue weighted by atomic mass is 14.2. The monoisotopic (exact) mass is 740 g/mol. The van der Waals surface area contributed by atoms with Crippen molar-refractivity contribution >= 4 is 64.6 Å². The highest BCUT2D eigenvalue weighted by molar-refractivity contribution is 6.29. The van der Waals surface area contributed by atoms with Crippen molar-refractivity contribution in [1.82, 2.24) is 0 Å². The second kappa shape index (κ2) is 12.9. The molecule has 58 heavy (non-hydrogen) atoms. The Morgan fingerprint density at radius 3 is 1.28 bits per heavy atom. The maximum absolute atomic E-state index is 2.39. The van der Waals surface area contributed by atoms with Gasteiger partial charge in [0.1, 0.15) is 0 Å². The minimum Gasteiger partial charge on any atom is -0.0616 e. The molecule has 0 spiro atoms. The molecule has 0 aliphatic heterocycles. The third kappa shape index (κ3) is 5.29. The quantitative estimate of drug-likeness (QED) is 0.124. The third-order valence-electron chi connectivity index (χ3n) is 12.7. The zero-order valence-corrected chi connectivity index (χ0v) is 33.7. The van der Waals surface area contributed by atoms with Crippen LogP contribution in [0.25, 0.3) is 109 Å². The smallest absolute Gasteiger partial charge is 0.00201 e. The van der Waals surface area contributed by atoms with Gasteiger partial charge in [-0.15, -0.1) is 0 Å². The molecule has 0 aliphatic rings. The molecule has 0 amide bonds. The summed E-state index contributed by atoms with van der Waals surface area (Å²) in [6.45, 7) is 11.2. The van der Waals surface area contributed by atoms with Gasteiger partial charge in [-0.05, 0) is 134 Å². The number of benzene rings is 11. The fraction of sp³-hybridized carbons (Fsp3) is 0.103. The summed E-state index contributed by atoms with van der Waals surface area (Å²) in [5, 5.41) is 15.5. The Balaban J connectivity index is 1.14. The van der Waals surface area contributed by atoms with Gasteiger partial charge in [0, 0.05) is 0 Å². The van der Waals surface area contributed by atoms with E-state index in [-0.39, 0.29) is 5.41 Å². The molecule has 0 bridgehead atoms. The van der Waals surface area contributed by atoms with Crippen LogP contribution in [0.2, 0.25) is 0 Å². The Bertz CT molecular complexity index is 3350. The predicted octanol–water partition coefficient (Wildman–Crippen LogP) is 16.6. The summed E-state index contributed by atoms with van der Waals surface area (Å²) in [4.78, 5) is 0. The minimum absolute atomic E-state index is 0.0990. The maximum atomic E-state index is 2.39. The Labute approximate surface area is 340 Å². The van der Waals surface area contributed by atoms with Gasteiger partial charge in [-0.1, -0.05) is 208 Å². The van der Waals surface area contributed by atoms with Crippen molar-refractivity contribution in [3.63, 3.8) is 0 Å². The molecule has 0 radical (unpaired) electrons. The van der Waals surface area contributed by atoms with Crippen molar-refractivity contribution in [2.75, 3.05) is 0 Å². The molecule has 0 saturated heterocycles. The van der Waals surface area contributed by atoms with Crippen LogP contribution in [0, 0.1) is 13.8 Å². The molecule has 0 nitrogen and oxygen atoms in total. The number of hydrogen-bond donors (Lipinski definition) is 0. The lowest BCUT2D eigenvalue weighted by Gasteiger charge is -2.22. The van der Waals surface area contributed by atoms with Crippen LogP contribution in [0.5, 0.6) is 0 Å². The first-order valence-corrected chi connectivity index (χ1v) is 20.6. The van der Waals surface area contributed by atoms with Gasteiger partial charge < -0.3 is 0 Å². The number of rotatable bonds is 4. The molecule has 0 fully saturated rings. The van der Waals surface area contributed by atoms with E-state index in [1.807, 2.05) is 0 Å². The van der Waals surface area contributed by atoms with Crippen LogP contribution >= 0.6 is 0 Å². The van der Waals surface area contributed by atoms with Crippen molar-refractivity contribution in [3.8, 4) is 44.5 Å². The highest BCUT2D eigenvalue weighted by Gasteiger charge is 2.21. The lowest BCUT2D eigenvalue weighted by molar-refractivity contribution is 0.590. The molecular weight excluding hydrogens is 697 g/mol. The van der Waals surface area contributed by atoms with Gasteiger partial charge in [0.05, 0.1) is 0 Å². The van der Waals surface area contributed by atoms with E-state index in [0.29, 0.717) is 0 Å². The summed E-state index contributed by atoms with van der Waals surface area (Å²) in [7, 11) is 0. The van der Waals surface area contributed by atoms with Crippen LogP contribution in [0.15, 0.2) is 176 Å². The van der Waals surface area contributed by atoms with Crippen molar-refractivity contribution in [2.45, 2.75) is 40.0 Å². The molecule has 11 rings (SSSR count). The standard InChI is InChI=1S/C58H44/c1-35-32-36(2)34-40(33-35)42-26-20-38-23-29-52-46(27-21-39-22-28-51(42)55(38)56(39)52)45-30-31-53(44-13-7-6-12-43(44)45)57-49-16-10-8-14-47(49)54(48-15-9-11-17-50(48)57)37-18-24-41(25-19-37)58(3,4)5/h6-34H,1-5H3. The summed E-state index contributed by atoms with van der Waals surface area (Å²) in [6.07, 6.45) is 0. The molecule has 276 valence electrons. The normalized spacial score (nSPS) is 12.2. The molecule has 0 aliphatic carbocycles. The van der Waals surface area contributed by atoms with E-state index in [2.05, 4.69) is 211 Å². The van der Waals surface area contributed by atoms with Crippen LogP contribution in [0.1, 0.15) is 37.5 Å². The number of hydrogen-bond acceptors (Lipinski definition) is 0. The van der Waals surface area contributed by atoms with Crippen molar-refractivity contribution in [1.29, 1.82) is 0 Å². The predicted molar refractivity (Wildman–Crippen MR) is 253 cm³/mol. The third-order valence-corrected chi connectivity index (χ3v) is 12.7. The van der Waals surface area contributed by atoms with Crippen LogP contribution in [0.4, 0.5) is 0 Å². The first-order valence-electron chi connectivity index (χ1n) is 20.6. The number of fused-ring (bicyclic) bond motifs is 3. The molecule has 0 heterocycles. The van der Waals surface area contributed by atoms with Crippen LogP contribution in [-0.2, 0) is 5.41 Å². The maximum Gasteiger partial charge on any atom is -0.00201 e. The topological polar surface area (TPSA) is 0 Å². The fourth-order valence-corrected chi connectivity index (χ4v) is 10.0. The van der Waals surface area contributed by atoms with E-state index in [0.717, 1.165) is 0 Å². The highest BCUT2D eigenvalue weighted by Crippen LogP contribution is 2.48. The molecule has 0 unspecified atom stereocenters. The van der Waals surface area contributed by atoms with Crippen LogP contribution in [0.3, 0.4) is 0 Å². The first-order chi connectivity index (χ1) is 28.2. The van der Waals surface area contributed by atoms with E-state index in [1.165, 1.54) is 126 Å². The summed E-state index contributed by atoms with van der Waals surface area (Å²) >= 11 is 0. The molecule has 11 aromatic rings. The van der Waals surface area contributed by atoms with Crippen molar-refractivity contribution < 1.29 is 0 Å². The van der Waals surface area contributed by atoms with Gasteiger partial charge in [0.2, 0.25) is 0 Å². The average molecular weight is 741 g/mol. The molecule has 0 saturated carbocycles. The second-order valence-corrected chi connectivity index (χ2v) is 17.4. The van der Waals surface area contributed by atoms with Crippen LogP contribution < -0.4 is 0 Å². The van der Waals surface area contributed by atoms with Crippen molar-refractivity contribution in [3.05, 3.63) is 193 Å². The van der Waals surface area contributed by atoms with Gasteiger partial charge in [-0.25, -0.2) is 0 Å². The lowest BCUT2D eigenvalue weighted by atomic mass is 9.82. The lowest BCUT2D eigenvalue weighted by Crippen LogP contribution is -2.10. The van der Waals surface area contributed by atoms with Gasteiger partial charge >= 0.3 is 0 Å². The fourth-order valence-electron chi connectivity index (χ4n) is 10.0. The van der Waals surface area contributed by atoms with E-state index in [4.69, 9.17) is 0 Å². The summed E-state index contributed by atoms with van der Waals surface area (Å²) in [5.74, 6) is 0. The van der Waals surface area contributed by atoms with Gasteiger partial charge in [0.15, 0.2) is 0 Å². The first kappa shape index (κ1) is 34.5. The van der Waals surface area contributed by atoms with E-state index >= 15 is 0 Å². The van der Waals surface area contributed by atoms with Gasteiger partial charge in [-0.2, -0.15) is 0 Å². The summed E-state index contributed by atoms with van der Waals surface area (Å²) in [5.41, 5.74) is 14.2. The molecular formula is C58H44. The second-order valence-electron chi connectivity index (χ2n) is 17.4. The molecule has 0 aromatic heterocycles. The molecule has 11 aromatic carbocycles. The largest absolute Gasteiger partial charge is 0.0616 e. The van der Waals surface area contributed by atoms with Crippen LogP contribution in [-0.4, -0.2) is 0 Å². The molecule has 0 N–H and O–H groups in total. The van der Waals surface area contributed by atoms with E-state index < -0.39 is 0 Å². The van der Waals surface area contributed by atoms with E-state index in [1.54, 1.807) is 0 Å². The zero-order valence-electron chi connectivity index (χ0n) is 33.7. The SMILES string of the molecule is Cc1cc(C)cc(-c2ccc3ccc4c(-c5ccc(-c6c7ccccc7c(-c7ccc(C(C)(C)C)cc7)c7ccccc67)c6ccccc56)ccc5ccc2c3c54)c1. The van der Waals surface area contributed by atoms with Gasteiger partial charge in [-0.3, -0.25) is 0 Å². The minimum atomic E-state index is 0.0990. The molecule has 0 atom stereocenters. The van der Waals surface area contributed by atoms with Crippen molar-refractivity contribution in [2.24, 2.45) is 0 Å². The Hall–Kier alpha value is -6.76. The molecule has 0 heteroatoms. The van der Waals surface area contributed by atoms with Gasteiger partial charge in [0.25, 0.3) is 0 Å². The number of aryl methyl sites for hydroxylation is 2. The Morgan fingerprint density at radius 1 is 0.310 bits per heavy atom.